The summed E-state index contributed by atoms with van der Waals surface area (Å²) >= 11 is 0. The molecule has 0 spiro atoms. The average molecular weight is 539 g/mol. The quantitative estimate of drug-likeness (QED) is 0.232. The zero-order valence-corrected chi connectivity index (χ0v) is 22.6. The number of hydrogen-bond donors (Lipinski definition) is 2. The van der Waals surface area contributed by atoms with Crippen LogP contribution in [0.25, 0.3) is 33.8 Å². The molecular weight excluding hydrogens is 507 g/mol. The number of fused-ring (bicyclic) bond motifs is 2. The molecule has 4 aromatic heterocycles. The van der Waals surface area contributed by atoms with Gasteiger partial charge in [-0.3, -0.25) is 0 Å². The Hall–Kier alpha value is -5.05. The molecule has 40 heavy (non-hydrogen) atoms. The molecule has 6 aromatic rings. The minimum absolute atomic E-state index is 0.308. The van der Waals surface area contributed by atoms with Gasteiger partial charge in [0.05, 0.1) is 25.6 Å². The first-order valence-corrected chi connectivity index (χ1v) is 12.8. The van der Waals surface area contributed by atoms with Gasteiger partial charge in [0.25, 0.3) is 0 Å². The molecule has 0 saturated carbocycles. The maximum absolute atomic E-state index is 12.2. The van der Waals surface area contributed by atoms with E-state index in [-0.39, 0.29) is 0 Å². The lowest BCUT2D eigenvalue weighted by molar-refractivity contribution is 0.415. The molecule has 8 nitrogen and oxygen atoms in total. The Morgan fingerprint density at radius 1 is 0.700 bits per heavy atom. The Labute approximate surface area is 232 Å². The number of alkyl halides is 1. The number of pyridine rings is 2. The fourth-order valence-corrected chi connectivity index (χ4v) is 4.22. The van der Waals surface area contributed by atoms with Crippen LogP contribution in [-0.4, -0.2) is 53.3 Å². The number of methoxy groups -OCH3 is 2. The van der Waals surface area contributed by atoms with Gasteiger partial charge in [-0.15, -0.1) is 0 Å². The SMILES string of the molecule is CNc1ccn2cc(-c3ccc(OC)cc3)nc2c1.COc1ccc(-c2cn3ccc(NCCF)cc3n2)cc1. The van der Waals surface area contributed by atoms with E-state index in [0.29, 0.717) is 6.54 Å². The highest BCUT2D eigenvalue weighted by Gasteiger charge is 2.06. The van der Waals surface area contributed by atoms with Crippen molar-refractivity contribution < 1.29 is 13.9 Å². The average Bonchev–Trinajstić information content (AvgIpc) is 3.64. The Morgan fingerprint density at radius 3 is 1.62 bits per heavy atom. The van der Waals surface area contributed by atoms with Crippen LogP contribution >= 0.6 is 0 Å². The lowest BCUT2D eigenvalue weighted by Crippen LogP contribution is -2.02. The van der Waals surface area contributed by atoms with Crippen molar-refractivity contribution in [3.05, 3.63) is 97.6 Å². The molecule has 0 aliphatic heterocycles. The van der Waals surface area contributed by atoms with Crippen molar-refractivity contribution in [2.24, 2.45) is 0 Å². The van der Waals surface area contributed by atoms with Crippen molar-refractivity contribution in [2.45, 2.75) is 0 Å². The number of nitrogens with zero attached hydrogens (tertiary/aromatic N) is 4. The summed E-state index contributed by atoms with van der Waals surface area (Å²) in [4.78, 5) is 9.22. The Bertz CT molecular complexity index is 1690. The van der Waals surface area contributed by atoms with E-state index >= 15 is 0 Å². The molecule has 0 aliphatic carbocycles. The van der Waals surface area contributed by atoms with Crippen LogP contribution in [0.4, 0.5) is 15.8 Å². The normalized spacial score (nSPS) is 10.7. The number of rotatable bonds is 8. The second kappa shape index (κ2) is 12.2. The predicted molar refractivity (Wildman–Crippen MR) is 158 cm³/mol. The first-order valence-electron chi connectivity index (χ1n) is 12.8. The van der Waals surface area contributed by atoms with E-state index in [1.165, 1.54) is 0 Å². The third-order valence-corrected chi connectivity index (χ3v) is 6.40. The number of benzene rings is 2. The summed E-state index contributed by atoms with van der Waals surface area (Å²) in [5.41, 5.74) is 7.62. The second-order valence-electron chi connectivity index (χ2n) is 8.94. The van der Waals surface area contributed by atoms with Gasteiger partial charge in [0, 0.05) is 73.0 Å². The standard InChI is InChI=1S/C16H16FN3O.C15H15N3O/c1-21-14-4-2-12(3-5-14)15-11-20-9-6-13(18-8-7-17)10-16(20)19-15;1-16-12-7-8-18-10-14(17-15(18)9-12)11-3-5-13(19-2)6-4-11/h2-6,9-11,18H,7-8H2,1H3;3-10,16H,1-2H3. The highest BCUT2D eigenvalue weighted by molar-refractivity contribution is 5.66. The zero-order valence-electron chi connectivity index (χ0n) is 22.6. The van der Waals surface area contributed by atoms with Crippen LogP contribution in [0.2, 0.25) is 0 Å². The Balaban J connectivity index is 0.000000162. The number of nitrogens with one attached hydrogen (secondary N) is 2. The number of halogens is 1. The minimum atomic E-state index is -0.392. The van der Waals surface area contributed by atoms with E-state index < -0.39 is 6.67 Å². The summed E-state index contributed by atoms with van der Waals surface area (Å²) in [7, 11) is 5.21. The van der Waals surface area contributed by atoms with E-state index in [1.807, 2.05) is 113 Å². The molecule has 0 unspecified atom stereocenters. The van der Waals surface area contributed by atoms with Crippen LogP contribution in [0.1, 0.15) is 0 Å². The van der Waals surface area contributed by atoms with Gasteiger partial charge in [-0.1, -0.05) is 0 Å². The summed E-state index contributed by atoms with van der Waals surface area (Å²) in [6.45, 7) is -0.0844. The maximum Gasteiger partial charge on any atom is 0.139 e. The van der Waals surface area contributed by atoms with Crippen molar-refractivity contribution in [1.82, 2.24) is 18.8 Å². The van der Waals surface area contributed by atoms with Gasteiger partial charge in [0.2, 0.25) is 0 Å². The topological polar surface area (TPSA) is 77.1 Å². The van der Waals surface area contributed by atoms with E-state index in [0.717, 1.165) is 56.7 Å². The van der Waals surface area contributed by atoms with Gasteiger partial charge in [0.15, 0.2) is 0 Å². The summed E-state index contributed by atoms with van der Waals surface area (Å²) in [5.74, 6) is 1.67. The smallest absolute Gasteiger partial charge is 0.139 e. The molecule has 0 radical (unpaired) electrons. The third-order valence-electron chi connectivity index (χ3n) is 6.40. The van der Waals surface area contributed by atoms with Crippen molar-refractivity contribution >= 4 is 22.7 Å². The Morgan fingerprint density at radius 2 is 1.18 bits per heavy atom. The van der Waals surface area contributed by atoms with Crippen molar-refractivity contribution in [3.63, 3.8) is 0 Å². The van der Waals surface area contributed by atoms with E-state index in [4.69, 9.17) is 9.47 Å². The number of anilines is 2. The maximum atomic E-state index is 12.2. The molecular formula is C31H31FN6O2. The number of hydrogen-bond acceptors (Lipinski definition) is 6. The first kappa shape index (κ1) is 26.6. The predicted octanol–water partition coefficient (Wildman–Crippen LogP) is 6.44. The summed E-state index contributed by atoms with van der Waals surface area (Å²) in [5, 5.41) is 6.12. The first-order chi connectivity index (χ1) is 19.6. The molecule has 0 bridgehead atoms. The number of imidazole rings is 2. The molecule has 2 N–H and O–H groups in total. The van der Waals surface area contributed by atoms with Gasteiger partial charge >= 0.3 is 0 Å². The van der Waals surface area contributed by atoms with E-state index in [9.17, 15) is 4.39 Å². The zero-order chi connectivity index (χ0) is 27.9. The Kier molecular flexibility index (Phi) is 8.10. The minimum Gasteiger partial charge on any atom is -0.497 e. The molecule has 9 heteroatoms. The second-order valence-corrected chi connectivity index (χ2v) is 8.94. The van der Waals surface area contributed by atoms with Crippen molar-refractivity contribution in [2.75, 3.05) is 45.1 Å². The van der Waals surface area contributed by atoms with Crippen LogP contribution in [-0.2, 0) is 0 Å². The molecule has 204 valence electrons. The number of ether oxygens (including phenoxy) is 2. The van der Waals surface area contributed by atoms with Crippen molar-refractivity contribution in [1.29, 1.82) is 0 Å². The summed E-state index contributed by atoms with van der Waals surface area (Å²) in [6.07, 6.45) is 7.91. The van der Waals surface area contributed by atoms with Crippen LogP contribution in [0.15, 0.2) is 97.6 Å². The monoisotopic (exact) mass is 538 g/mol. The van der Waals surface area contributed by atoms with Gasteiger partial charge in [-0.25, -0.2) is 14.4 Å². The van der Waals surface area contributed by atoms with Crippen LogP contribution < -0.4 is 20.1 Å². The van der Waals surface area contributed by atoms with Gasteiger partial charge < -0.3 is 28.9 Å². The van der Waals surface area contributed by atoms with Gasteiger partial charge in [0.1, 0.15) is 29.5 Å². The molecule has 4 heterocycles. The molecule has 2 aromatic carbocycles. The largest absolute Gasteiger partial charge is 0.497 e. The van der Waals surface area contributed by atoms with Crippen molar-refractivity contribution in [3.8, 4) is 34.0 Å². The van der Waals surface area contributed by atoms with Gasteiger partial charge in [-0.2, -0.15) is 0 Å². The summed E-state index contributed by atoms with van der Waals surface area (Å²) in [6, 6.07) is 23.5. The fraction of sp³-hybridized carbons (Fsp3) is 0.161. The molecule has 0 fully saturated rings. The van der Waals surface area contributed by atoms with E-state index in [1.54, 1.807) is 14.2 Å². The lowest BCUT2D eigenvalue weighted by Gasteiger charge is -2.03. The molecule has 0 atom stereocenters. The lowest BCUT2D eigenvalue weighted by atomic mass is 10.2. The summed E-state index contributed by atoms with van der Waals surface area (Å²) < 4.78 is 26.5. The van der Waals surface area contributed by atoms with Crippen LogP contribution in [0.5, 0.6) is 11.5 Å². The fourth-order valence-electron chi connectivity index (χ4n) is 4.22. The molecule has 6 rings (SSSR count). The highest BCUT2D eigenvalue weighted by atomic mass is 19.1. The van der Waals surface area contributed by atoms with E-state index in [2.05, 4.69) is 20.6 Å². The van der Waals surface area contributed by atoms with Crippen LogP contribution in [0.3, 0.4) is 0 Å². The van der Waals surface area contributed by atoms with Gasteiger partial charge in [-0.05, 0) is 60.7 Å². The molecule has 0 saturated heterocycles. The molecule has 0 aliphatic rings. The van der Waals surface area contributed by atoms with Crippen LogP contribution in [0, 0.1) is 0 Å². The molecule has 0 amide bonds. The third kappa shape index (κ3) is 5.99. The highest BCUT2D eigenvalue weighted by Crippen LogP contribution is 2.24. The number of aromatic nitrogens is 4.